The van der Waals surface area contributed by atoms with E-state index in [2.05, 4.69) is 12.1 Å². The maximum atomic E-state index is 5.90. The highest BCUT2D eigenvalue weighted by atomic mass is 16.6. The van der Waals surface area contributed by atoms with Gasteiger partial charge >= 0.3 is 0 Å². The summed E-state index contributed by atoms with van der Waals surface area (Å²) in [5.41, 5.74) is 7.42. The Bertz CT molecular complexity index is 393. The minimum atomic E-state index is 0.204. The maximum Gasteiger partial charge on any atom is 0.161 e. The van der Waals surface area contributed by atoms with Crippen molar-refractivity contribution >= 4 is 0 Å². The lowest BCUT2D eigenvalue weighted by atomic mass is 9.64. The fourth-order valence-corrected chi connectivity index (χ4v) is 2.59. The minimum absolute atomic E-state index is 0.204. The van der Waals surface area contributed by atoms with Crippen molar-refractivity contribution in [2.45, 2.75) is 24.7 Å². The first-order valence-corrected chi connectivity index (χ1v) is 5.94. The third-order valence-corrected chi connectivity index (χ3v) is 3.86. The van der Waals surface area contributed by atoms with Gasteiger partial charge in [0.15, 0.2) is 11.5 Å². The van der Waals surface area contributed by atoms with Crippen LogP contribution in [-0.2, 0) is 5.41 Å². The SMILES string of the molecule is NCC1(c2ccc3c(c2)OCCO3)CCC1. The molecule has 1 heterocycles. The molecule has 1 aromatic carbocycles. The van der Waals surface area contributed by atoms with Crippen LogP contribution in [0.4, 0.5) is 0 Å². The Hall–Kier alpha value is -1.22. The molecule has 1 aliphatic carbocycles. The molecule has 0 radical (unpaired) electrons. The van der Waals surface area contributed by atoms with Gasteiger partial charge in [-0.15, -0.1) is 0 Å². The quantitative estimate of drug-likeness (QED) is 0.825. The van der Waals surface area contributed by atoms with Gasteiger partial charge in [0.1, 0.15) is 13.2 Å². The zero-order chi connectivity index (χ0) is 11.0. The monoisotopic (exact) mass is 219 g/mol. The van der Waals surface area contributed by atoms with E-state index in [9.17, 15) is 0 Å². The molecule has 0 spiro atoms. The summed E-state index contributed by atoms with van der Waals surface area (Å²) < 4.78 is 11.1. The van der Waals surface area contributed by atoms with Gasteiger partial charge in [-0.25, -0.2) is 0 Å². The molecular formula is C13H17NO2. The molecule has 1 aliphatic heterocycles. The summed E-state index contributed by atoms with van der Waals surface area (Å²) in [5, 5.41) is 0. The van der Waals surface area contributed by atoms with E-state index in [1.54, 1.807) is 0 Å². The molecule has 2 N–H and O–H groups in total. The summed E-state index contributed by atoms with van der Waals surface area (Å²) in [6.07, 6.45) is 3.68. The number of ether oxygens (including phenoxy) is 2. The third kappa shape index (κ3) is 1.39. The maximum absolute atomic E-state index is 5.90. The molecule has 3 rings (SSSR count). The molecule has 0 atom stereocenters. The van der Waals surface area contributed by atoms with E-state index in [0.29, 0.717) is 13.2 Å². The van der Waals surface area contributed by atoms with Gasteiger partial charge in [0.25, 0.3) is 0 Å². The van der Waals surface area contributed by atoms with Crippen molar-refractivity contribution in [3.63, 3.8) is 0 Å². The minimum Gasteiger partial charge on any atom is -0.486 e. The Balaban J connectivity index is 1.96. The topological polar surface area (TPSA) is 44.5 Å². The van der Waals surface area contributed by atoms with E-state index >= 15 is 0 Å². The number of rotatable bonds is 2. The van der Waals surface area contributed by atoms with Crippen molar-refractivity contribution in [1.82, 2.24) is 0 Å². The van der Waals surface area contributed by atoms with Crippen LogP contribution in [0.5, 0.6) is 11.5 Å². The molecule has 0 unspecified atom stereocenters. The van der Waals surface area contributed by atoms with E-state index in [-0.39, 0.29) is 5.41 Å². The first kappa shape index (κ1) is 9.97. The summed E-state index contributed by atoms with van der Waals surface area (Å²) in [4.78, 5) is 0. The molecule has 0 bridgehead atoms. The highest BCUT2D eigenvalue weighted by molar-refractivity contribution is 5.46. The number of nitrogens with two attached hydrogens (primary N) is 1. The summed E-state index contributed by atoms with van der Waals surface area (Å²) in [6.45, 7) is 2.02. The standard InChI is InChI=1S/C13H17NO2/c14-9-13(4-1-5-13)10-2-3-11-12(8-10)16-7-6-15-11/h2-3,8H,1,4-7,9,14H2. The van der Waals surface area contributed by atoms with E-state index in [0.717, 1.165) is 18.0 Å². The second-order valence-corrected chi connectivity index (χ2v) is 4.70. The zero-order valence-corrected chi connectivity index (χ0v) is 9.37. The van der Waals surface area contributed by atoms with Crippen molar-refractivity contribution in [2.75, 3.05) is 19.8 Å². The van der Waals surface area contributed by atoms with E-state index < -0.39 is 0 Å². The average molecular weight is 219 g/mol. The lowest BCUT2D eigenvalue weighted by Crippen LogP contribution is -2.41. The highest BCUT2D eigenvalue weighted by Gasteiger charge is 2.37. The van der Waals surface area contributed by atoms with Gasteiger partial charge in [0, 0.05) is 12.0 Å². The normalized spacial score (nSPS) is 21.3. The third-order valence-electron chi connectivity index (χ3n) is 3.86. The Labute approximate surface area is 95.5 Å². The van der Waals surface area contributed by atoms with Crippen LogP contribution in [0.25, 0.3) is 0 Å². The van der Waals surface area contributed by atoms with E-state index in [1.165, 1.54) is 24.8 Å². The predicted molar refractivity (Wildman–Crippen MR) is 62.0 cm³/mol. The van der Waals surface area contributed by atoms with Gasteiger partial charge in [-0.05, 0) is 30.5 Å². The first-order valence-electron chi connectivity index (χ1n) is 5.94. The Morgan fingerprint density at radius 2 is 1.88 bits per heavy atom. The van der Waals surface area contributed by atoms with Crippen LogP contribution in [0.3, 0.4) is 0 Å². The van der Waals surface area contributed by atoms with Crippen LogP contribution >= 0.6 is 0 Å². The first-order chi connectivity index (χ1) is 7.84. The zero-order valence-electron chi connectivity index (χ0n) is 9.37. The van der Waals surface area contributed by atoms with Crippen LogP contribution in [0.2, 0.25) is 0 Å². The molecule has 16 heavy (non-hydrogen) atoms. The van der Waals surface area contributed by atoms with Crippen molar-refractivity contribution < 1.29 is 9.47 Å². The molecule has 1 aromatic rings. The smallest absolute Gasteiger partial charge is 0.161 e. The Morgan fingerprint density at radius 3 is 2.50 bits per heavy atom. The summed E-state index contributed by atoms with van der Waals surface area (Å²) in [6, 6.07) is 6.26. The molecule has 2 aliphatic rings. The van der Waals surface area contributed by atoms with Crippen LogP contribution in [-0.4, -0.2) is 19.8 Å². The molecule has 3 nitrogen and oxygen atoms in total. The van der Waals surface area contributed by atoms with Crippen molar-refractivity contribution in [3.8, 4) is 11.5 Å². The number of hydrogen-bond donors (Lipinski definition) is 1. The Morgan fingerprint density at radius 1 is 1.12 bits per heavy atom. The molecule has 3 heteroatoms. The second kappa shape index (κ2) is 3.67. The lowest BCUT2D eigenvalue weighted by Gasteiger charge is -2.41. The molecule has 1 saturated carbocycles. The molecule has 0 amide bonds. The van der Waals surface area contributed by atoms with Crippen molar-refractivity contribution in [1.29, 1.82) is 0 Å². The van der Waals surface area contributed by atoms with Crippen LogP contribution in [0, 0.1) is 0 Å². The van der Waals surface area contributed by atoms with Gasteiger partial charge in [-0.3, -0.25) is 0 Å². The van der Waals surface area contributed by atoms with E-state index in [1.807, 2.05) is 6.07 Å². The number of benzene rings is 1. The molecule has 1 fully saturated rings. The molecular weight excluding hydrogens is 202 g/mol. The van der Waals surface area contributed by atoms with Crippen LogP contribution in [0.1, 0.15) is 24.8 Å². The highest BCUT2D eigenvalue weighted by Crippen LogP contribution is 2.45. The van der Waals surface area contributed by atoms with Gasteiger partial charge < -0.3 is 15.2 Å². The fraction of sp³-hybridized carbons (Fsp3) is 0.538. The van der Waals surface area contributed by atoms with Crippen LogP contribution in [0.15, 0.2) is 18.2 Å². The summed E-state index contributed by atoms with van der Waals surface area (Å²) in [5.74, 6) is 1.74. The van der Waals surface area contributed by atoms with Crippen molar-refractivity contribution in [3.05, 3.63) is 23.8 Å². The van der Waals surface area contributed by atoms with Gasteiger partial charge in [0.05, 0.1) is 0 Å². The predicted octanol–water partition coefficient (Wildman–Crippen LogP) is 1.84. The molecule has 0 saturated heterocycles. The summed E-state index contributed by atoms with van der Waals surface area (Å²) in [7, 11) is 0. The summed E-state index contributed by atoms with van der Waals surface area (Å²) >= 11 is 0. The van der Waals surface area contributed by atoms with Gasteiger partial charge in [-0.1, -0.05) is 12.5 Å². The van der Waals surface area contributed by atoms with Crippen LogP contribution < -0.4 is 15.2 Å². The lowest BCUT2D eigenvalue weighted by molar-refractivity contribution is 0.170. The Kier molecular flexibility index (Phi) is 2.28. The van der Waals surface area contributed by atoms with E-state index in [4.69, 9.17) is 15.2 Å². The number of hydrogen-bond acceptors (Lipinski definition) is 3. The fourth-order valence-electron chi connectivity index (χ4n) is 2.59. The average Bonchev–Trinajstić information content (AvgIpc) is 2.28. The van der Waals surface area contributed by atoms with Gasteiger partial charge in [0.2, 0.25) is 0 Å². The molecule has 0 aromatic heterocycles. The van der Waals surface area contributed by atoms with Crippen molar-refractivity contribution in [2.24, 2.45) is 5.73 Å². The van der Waals surface area contributed by atoms with Gasteiger partial charge in [-0.2, -0.15) is 0 Å². The second-order valence-electron chi connectivity index (χ2n) is 4.70. The largest absolute Gasteiger partial charge is 0.486 e. The number of fused-ring (bicyclic) bond motifs is 1. The molecule has 86 valence electrons.